The van der Waals surface area contributed by atoms with E-state index in [9.17, 15) is 8.42 Å². The van der Waals surface area contributed by atoms with Crippen LogP contribution in [0.25, 0.3) is 0 Å². The minimum absolute atomic E-state index is 0.0491. The molecule has 17 heavy (non-hydrogen) atoms. The fourth-order valence-corrected chi connectivity index (χ4v) is 2.31. The summed E-state index contributed by atoms with van der Waals surface area (Å²) in [6.07, 6.45) is 3.86. The van der Waals surface area contributed by atoms with Gasteiger partial charge in [0, 0.05) is 12.6 Å². The number of hydrogen-bond donors (Lipinski definition) is 2. The summed E-state index contributed by atoms with van der Waals surface area (Å²) >= 11 is 0. The van der Waals surface area contributed by atoms with Gasteiger partial charge in [0.05, 0.1) is 6.54 Å². The van der Waals surface area contributed by atoms with Gasteiger partial charge in [0.2, 0.25) is 5.09 Å². The highest BCUT2D eigenvalue weighted by Gasteiger charge is 2.22. The summed E-state index contributed by atoms with van der Waals surface area (Å²) in [5.41, 5.74) is 0. The van der Waals surface area contributed by atoms with E-state index in [2.05, 4.69) is 16.6 Å². The molecule has 2 rings (SSSR count). The maximum Gasteiger partial charge on any atom is 0.274 e. The van der Waals surface area contributed by atoms with E-state index in [0.29, 0.717) is 18.3 Å². The molecule has 1 aromatic rings. The highest BCUT2D eigenvalue weighted by molar-refractivity contribution is 7.89. The highest BCUT2D eigenvalue weighted by atomic mass is 32.2. The van der Waals surface area contributed by atoms with E-state index in [1.54, 1.807) is 6.07 Å². The first kappa shape index (κ1) is 12.3. The zero-order chi connectivity index (χ0) is 12.3. The quantitative estimate of drug-likeness (QED) is 0.714. The van der Waals surface area contributed by atoms with Crippen molar-refractivity contribution >= 4 is 10.0 Å². The Bertz CT molecular complexity index is 489. The molecule has 0 aromatic carbocycles. The third kappa shape index (κ3) is 3.42. The second-order valence-electron chi connectivity index (χ2n) is 4.02. The van der Waals surface area contributed by atoms with Crippen LogP contribution in [0.5, 0.6) is 0 Å². The van der Waals surface area contributed by atoms with Gasteiger partial charge in [-0.3, -0.25) is 0 Å². The lowest BCUT2D eigenvalue weighted by molar-refractivity contribution is 0.400. The lowest BCUT2D eigenvalue weighted by Crippen LogP contribution is -2.23. The SMILES string of the molecule is C=CCNS(=O)(=O)c1ccc(CNC2CC2)o1. The second-order valence-corrected chi connectivity index (χ2v) is 5.71. The molecule has 2 N–H and O–H groups in total. The summed E-state index contributed by atoms with van der Waals surface area (Å²) in [4.78, 5) is 0. The molecule has 0 radical (unpaired) electrons. The summed E-state index contributed by atoms with van der Waals surface area (Å²) in [5, 5.41) is 3.21. The molecule has 1 aliphatic carbocycles. The van der Waals surface area contributed by atoms with E-state index in [1.165, 1.54) is 25.0 Å². The van der Waals surface area contributed by atoms with Gasteiger partial charge in [-0.2, -0.15) is 0 Å². The van der Waals surface area contributed by atoms with Crippen LogP contribution < -0.4 is 10.0 Å². The van der Waals surface area contributed by atoms with Crippen molar-refractivity contribution in [2.24, 2.45) is 0 Å². The molecular weight excluding hydrogens is 240 g/mol. The molecule has 1 aromatic heterocycles. The topological polar surface area (TPSA) is 71.3 Å². The van der Waals surface area contributed by atoms with E-state index >= 15 is 0 Å². The van der Waals surface area contributed by atoms with Crippen LogP contribution in [-0.4, -0.2) is 21.0 Å². The second kappa shape index (κ2) is 5.03. The summed E-state index contributed by atoms with van der Waals surface area (Å²) in [7, 11) is -3.54. The van der Waals surface area contributed by atoms with Crippen molar-refractivity contribution in [2.75, 3.05) is 6.54 Å². The van der Waals surface area contributed by atoms with Crippen molar-refractivity contribution in [2.45, 2.75) is 30.5 Å². The number of rotatable bonds is 7. The Hall–Kier alpha value is -1.11. The lowest BCUT2D eigenvalue weighted by Gasteiger charge is -2.01. The van der Waals surface area contributed by atoms with Gasteiger partial charge in [0.1, 0.15) is 5.76 Å². The third-order valence-corrected chi connectivity index (χ3v) is 3.76. The van der Waals surface area contributed by atoms with Crippen LogP contribution in [0.1, 0.15) is 18.6 Å². The van der Waals surface area contributed by atoms with Crippen molar-refractivity contribution in [3.63, 3.8) is 0 Å². The fraction of sp³-hybridized carbons (Fsp3) is 0.455. The maximum atomic E-state index is 11.7. The zero-order valence-electron chi connectivity index (χ0n) is 9.48. The van der Waals surface area contributed by atoms with Crippen LogP contribution in [-0.2, 0) is 16.6 Å². The fourth-order valence-electron chi connectivity index (χ4n) is 1.37. The van der Waals surface area contributed by atoms with Gasteiger partial charge in [0.25, 0.3) is 10.0 Å². The Kier molecular flexibility index (Phi) is 3.66. The molecule has 0 aliphatic heterocycles. The summed E-state index contributed by atoms with van der Waals surface area (Å²) < 4.78 is 31.0. The van der Waals surface area contributed by atoms with Crippen molar-refractivity contribution in [3.8, 4) is 0 Å². The largest absolute Gasteiger partial charge is 0.447 e. The molecular formula is C11H16N2O3S. The Morgan fingerprint density at radius 1 is 1.47 bits per heavy atom. The standard InChI is InChI=1S/C11H16N2O3S/c1-2-7-13-17(14,15)11-6-5-10(16-11)8-12-9-3-4-9/h2,5-6,9,12-13H,1,3-4,7-8H2. The van der Waals surface area contributed by atoms with Crippen LogP contribution >= 0.6 is 0 Å². The van der Waals surface area contributed by atoms with E-state index in [4.69, 9.17) is 4.42 Å². The average molecular weight is 256 g/mol. The maximum absolute atomic E-state index is 11.7. The van der Waals surface area contributed by atoms with Gasteiger partial charge in [0.15, 0.2) is 0 Å². The number of nitrogens with one attached hydrogen (secondary N) is 2. The summed E-state index contributed by atoms with van der Waals surface area (Å²) in [5.74, 6) is 0.635. The van der Waals surface area contributed by atoms with E-state index in [1.807, 2.05) is 0 Å². The first-order valence-corrected chi connectivity index (χ1v) is 7.03. The normalized spacial score (nSPS) is 16.0. The van der Waals surface area contributed by atoms with Gasteiger partial charge >= 0.3 is 0 Å². The predicted molar refractivity (Wildman–Crippen MR) is 64.0 cm³/mol. The zero-order valence-corrected chi connectivity index (χ0v) is 10.3. The molecule has 0 saturated heterocycles. The van der Waals surface area contributed by atoms with E-state index in [0.717, 1.165) is 0 Å². The van der Waals surface area contributed by atoms with E-state index < -0.39 is 10.0 Å². The number of sulfonamides is 1. The summed E-state index contributed by atoms with van der Waals surface area (Å²) in [6.45, 7) is 4.22. The molecule has 1 saturated carbocycles. The molecule has 94 valence electrons. The molecule has 0 unspecified atom stereocenters. The Morgan fingerprint density at radius 3 is 2.88 bits per heavy atom. The van der Waals surface area contributed by atoms with Crippen LogP contribution in [0, 0.1) is 0 Å². The van der Waals surface area contributed by atoms with Gasteiger partial charge < -0.3 is 9.73 Å². The molecule has 0 atom stereocenters. The summed E-state index contributed by atoms with van der Waals surface area (Å²) in [6, 6.07) is 3.71. The third-order valence-electron chi connectivity index (χ3n) is 2.46. The van der Waals surface area contributed by atoms with Crippen molar-refractivity contribution in [3.05, 3.63) is 30.5 Å². The number of furan rings is 1. The number of hydrogen-bond acceptors (Lipinski definition) is 4. The highest BCUT2D eigenvalue weighted by Crippen LogP contribution is 2.20. The van der Waals surface area contributed by atoms with Crippen LogP contribution in [0.15, 0.2) is 34.3 Å². The first-order valence-electron chi connectivity index (χ1n) is 5.54. The molecule has 1 aliphatic rings. The molecule has 0 amide bonds. The average Bonchev–Trinajstić information content (AvgIpc) is 3.00. The van der Waals surface area contributed by atoms with Crippen LogP contribution in [0.2, 0.25) is 0 Å². The minimum Gasteiger partial charge on any atom is -0.447 e. The van der Waals surface area contributed by atoms with Crippen LogP contribution in [0.3, 0.4) is 0 Å². The predicted octanol–water partition coefficient (Wildman–Crippen LogP) is 0.996. The van der Waals surface area contributed by atoms with Gasteiger partial charge in [-0.15, -0.1) is 6.58 Å². The Labute approximate surface area is 101 Å². The molecule has 0 bridgehead atoms. The first-order chi connectivity index (χ1) is 8.12. The van der Waals surface area contributed by atoms with Crippen molar-refractivity contribution in [1.82, 2.24) is 10.0 Å². The van der Waals surface area contributed by atoms with Gasteiger partial charge in [-0.25, -0.2) is 13.1 Å². The van der Waals surface area contributed by atoms with Crippen molar-refractivity contribution < 1.29 is 12.8 Å². The van der Waals surface area contributed by atoms with Crippen LogP contribution in [0.4, 0.5) is 0 Å². The minimum atomic E-state index is -3.54. The molecule has 1 heterocycles. The smallest absolute Gasteiger partial charge is 0.274 e. The van der Waals surface area contributed by atoms with Gasteiger partial charge in [-0.05, 0) is 25.0 Å². The molecule has 0 spiro atoms. The molecule has 5 nitrogen and oxygen atoms in total. The molecule has 1 fully saturated rings. The van der Waals surface area contributed by atoms with E-state index in [-0.39, 0.29) is 11.6 Å². The Balaban J connectivity index is 1.97. The molecule has 6 heteroatoms. The van der Waals surface area contributed by atoms with Crippen molar-refractivity contribution in [1.29, 1.82) is 0 Å². The van der Waals surface area contributed by atoms with Gasteiger partial charge in [-0.1, -0.05) is 6.08 Å². The monoisotopic (exact) mass is 256 g/mol. The Morgan fingerprint density at radius 2 is 2.24 bits per heavy atom. The lowest BCUT2D eigenvalue weighted by atomic mass is 10.4.